The van der Waals surface area contributed by atoms with E-state index in [0.717, 1.165) is 12.1 Å². The Labute approximate surface area is 192 Å². The summed E-state index contributed by atoms with van der Waals surface area (Å²) < 4.78 is 34.1. The first kappa shape index (κ1) is 22.8. The minimum absolute atomic E-state index is 0.0930. The molecule has 0 aliphatic heterocycles. The fourth-order valence-electron chi connectivity index (χ4n) is 3.12. The lowest BCUT2D eigenvalue weighted by Gasteiger charge is -2.19. The van der Waals surface area contributed by atoms with E-state index in [1.165, 1.54) is 4.68 Å². The summed E-state index contributed by atoms with van der Waals surface area (Å²) in [6, 6.07) is 9.55. The van der Waals surface area contributed by atoms with E-state index in [0.29, 0.717) is 27.7 Å². The van der Waals surface area contributed by atoms with Crippen LogP contribution in [0.4, 0.5) is 14.6 Å². The molecule has 2 aromatic carbocycles. The van der Waals surface area contributed by atoms with Gasteiger partial charge in [-0.05, 0) is 32.0 Å². The van der Waals surface area contributed by atoms with E-state index in [1.54, 1.807) is 38.1 Å². The zero-order chi connectivity index (χ0) is 23.8. The number of hydrogen-bond acceptors (Lipinski definition) is 7. The molecule has 0 radical (unpaired) electrons. The molecular formula is C22H20ClF2N5O3. The minimum atomic E-state index is -1.10. The van der Waals surface area contributed by atoms with Gasteiger partial charge in [-0.3, -0.25) is 0 Å². The highest BCUT2D eigenvalue weighted by Crippen LogP contribution is 2.37. The van der Waals surface area contributed by atoms with Gasteiger partial charge in [-0.15, -0.1) is 0 Å². The Balaban J connectivity index is 1.91. The maximum absolute atomic E-state index is 14.1. The molecule has 0 atom stereocenters. The number of aliphatic hydroxyl groups is 2. The van der Waals surface area contributed by atoms with Gasteiger partial charge in [-0.2, -0.15) is 15.1 Å². The Bertz CT molecular complexity index is 1320. The van der Waals surface area contributed by atoms with Crippen LogP contribution >= 0.6 is 11.6 Å². The summed E-state index contributed by atoms with van der Waals surface area (Å²) in [6.07, 6.45) is 0. The van der Waals surface area contributed by atoms with Crippen LogP contribution in [-0.4, -0.2) is 42.1 Å². The maximum atomic E-state index is 14.1. The van der Waals surface area contributed by atoms with Gasteiger partial charge in [0, 0.05) is 18.2 Å². The van der Waals surface area contributed by atoms with Crippen LogP contribution in [0.15, 0.2) is 42.5 Å². The molecule has 11 heteroatoms. The number of hydrogen-bond donors (Lipinski definition) is 3. The zero-order valence-electron chi connectivity index (χ0n) is 17.7. The van der Waals surface area contributed by atoms with Crippen molar-refractivity contribution >= 4 is 28.5 Å². The number of aliphatic hydroxyl groups excluding tert-OH is 1. The van der Waals surface area contributed by atoms with Gasteiger partial charge in [0.25, 0.3) is 0 Å². The highest BCUT2D eigenvalue weighted by molar-refractivity contribution is 6.33. The van der Waals surface area contributed by atoms with Crippen LogP contribution in [0.2, 0.25) is 5.02 Å². The van der Waals surface area contributed by atoms with Crippen molar-refractivity contribution in [2.75, 3.05) is 11.9 Å². The summed E-state index contributed by atoms with van der Waals surface area (Å²) in [4.78, 5) is 8.62. The molecule has 8 nitrogen and oxygen atoms in total. The second-order valence-electron chi connectivity index (χ2n) is 7.87. The van der Waals surface area contributed by atoms with Crippen molar-refractivity contribution in [1.29, 1.82) is 0 Å². The molecule has 4 rings (SSSR count). The van der Waals surface area contributed by atoms with Gasteiger partial charge < -0.3 is 20.3 Å². The molecule has 4 aromatic rings. The van der Waals surface area contributed by atoms with Crippen molar-refractivity contribution in [2.24, 2.45) is 0 Å². The molecule has 0 fully saturated rings. The summed E-state index contributed by atoms with van der Waals surface area (Å²) in [5.74, 6) is -1.76. The van der Waals surface area contributed by atoms with Crippen molar-refractivity contribution in [3.63, 3.8) is 0 Å². The Morgan fingerprint density at radius 1 is 1.15 bits per heavy atom. The van der Waals surface area contributed by atoms with Gasteiger partial charge in [0.05, 0.1) is 16.0 Å². The highest BCUT2D eigenvalue weighted by atomic mass is 35.5. The van der Waals surface area contributed by atoms with Crippen molar-refractivity contribution < 1.29 is 23.7 Å². The van der Waals surface area contributed by atoms with Crippen LogP contribution < -0.4 is 10.1 Å². The van der Waals surface area contributed by atoms with Gasteiger partial charge in [-0.25, -0.2) is 13.5 Å². The Morgan fingerprint density at radius 3 is 2.58 bits per heavy atom. The molecular weight excluding hydrogens is 456 g/mol. The molecule has 0 spiro atoms. The zero-order valence-corrected chi connectivity index (χ0v) is 18.4. The number of ether oxygens (including phenoxy) is 1. The largest absolute Gasteiger partial charge is 0.421 e. The van der Waals surface area contributed by atoms with E-state index in [2.05, 4.69) is 20.4 Å². The third-order valence-corrected chi connectivity index (χ3v) is 4.95. The van der Waals surface area contributed by atoms with Crippen LogP contribution in [-0.2, 0) is 6.73 Å². The lowest BCUT2D eigenvalue weighted by Crippen LogP contribution is -2.29. The lowest BCUT2D eigenvalue weighted by atomic mass is 10.1. The molecule has 0 unspecified atom stereocenters. The molecule has 2 aromatic heterocycles. The van der Waals surface area contributed by atoms with E-state index in [9.17, 15) is 19.0 Å². The second kappa shape index (κ2) is 8.89. The number of nitrogens with one attached hydrogen (secondary N) is 1. The summed E-state index contributed by atoms with van der Waals surface area (Å²) in [6.45, 7) is 2.79. The monoisotopic (exact) mass is 475 g/mol. The van der Waals surface area contributed by atoms with Gasteiger partial charge in [0.1, 0.15) is 24.1 Å². The number of anilines is 1. The first-order valence-electron chi connectivity index (χ1n) is 9.90. The van der Waals surface area contributed by atoms with Crippen LogP contribution in [0.25, 0.3) is 22.3 Å². The molecule has 0 aliphatic carbocycles. The van der Waals surface area contributed by atoms with E-state index >= 15 is 0 Å². The van der Waals surface area contributed by atoms with Gasteiger partial charge >= 0.3 is 6.01 Å². The average molecular weight is 476 g/mol. The number of benzene rings is 2. The first-order chi connectivity index (χ1) is 15.7. The number of rotatable bonds is 7. The summed E-state index contributed by atoms with van der Waals surface area (Å²) in [5.41, 5.74) is 0.0453. The van der Waals surface area contributed by atoms with Crippen LogP contribution in [0, 0.1) is 11.6 Å². The lowest BCUT2D eigenvalue weighted by molar-refractivity contribution is 0.0944. The molecule has 0 saturated carbocycles. The van der Waals surface area contributed by atoms with E-state index in [1.807, 2.05) is 0 Å². The van der Waals surface area contributed by atoms with Crippen molar-refractivity contribution in [1.82, 2.24) is 19.7 Å². The van der Waals surface area contributed by atoms with E-state index in [-0.39, 0.29) is 29.8 Å². The Morgan fingerprint density at radius 2 is 1.91 bits per heavy atom. The number of fused-ring (bicyclic) bond motifs is 1. The van der Waals surface area contributed by atoms with Gasteiger partial charge in [0.2, 0.25) is 0 Å². The highest BCUT2D eigenvalue weighted by Gasteiger charge is 2.23. The third-order valence-electron chi connectivity index (χ3n) is 4.62. The number of aromatic nitrogens is 4. The topological polar surface area (TPSA) is 105 Å². The normalized spacial score (nSPS) is 11.7. The Kier molecular flexibility index (Phi) is 6.15. The van der Waals surface area contributed by atoms with Crippen LogP contribution in [0.3, 0.4) is 0 Å². The third kappa shape index (κ3) is 4.87. The van der Waals surface area contributed by atoms with E-state index in [4.69, 9.17) is 16.3 Å². The predicted octanol–water partition coefficient (Wildman–Crippen LogP) is 4.35. The van der Waals surface area contributed by atoms with Crippen LogP contribution in [0.1, 0.15) is 13.8 Å². The molecule has 33 heavy (non-hydrogen) atoms. The molecule has 3 N–H and O–H groups in total. The van der Waals surface area contributed by atoms with Crippen molar-refractivity contribution in [3.8, 4) is 23.0 Å². The number of nitrogens with zero attached hydrogens (tertiary/aromatic N) is 4. The smallest absolute Gasteiger partial charge is 0.326 e. The summed E-state index contributed by atoms with van der Waals surface area (Å²) >= 11 is 6.37. The molecule has 2 heterocycles. The van der Waals surface area contributed by atoms with Gasteiger partial charge in [-0.1, -0.05) is 29.8 Å². The van der Waals surface area contributed by atoms with Crippen LogP contribution in [0.5, 0.6) is 11.8 Å². The molecule has 0 amide bonds. The number of halogens is 3. The fraction of sp³-hybridized carbons (Fsp3) is 0.227. The second-order valence-corrected chi connectivity index (χ2v) is 8.27. The molecule has 0 saturated heterocycles. The quantitative estimate of drug-likeness (QED) is 0.365. The van der Waals surface area contributed by atoms with Crippen molar-refractivity contribution in [2.45, 2.75) is 26.2 Å². The van der Waals surface area contributed by atoms with Gasteiger partial charge in [0.15, 0.2) is 17.2 Å². The first-order valence-corrected chi connectivity index (χ1v) is 10.3. The fourth-order valence-corrected chi connectivity index (χ4v) is 3.35. The Hall–Kier alpha value is -3.34. The molecule has 0 aliphatic rings. The summed E-state index contributed by atoms with van der Waals surface area (Å²) in [5, 5.41) is 28.4. The minimum Gasteiger partial charge on any atom is -0.421 e. The summed E-state index contributed by atoms with van der Waals surface area (Å²) in [7, 11) is 0. The average Bonchev–Trinajstić information content (AvgIpc) is 3.12. The molecule has 0 bridgehead atoms. The maximum Gasteiger partial charge on any atom is 0.326 e. The predicted molar refractivity (Wildman–Crippen MR) is 119 cm³/mol. The SMILES string of the molecule is CC(C)(O)CNc1nc(Oc2ccc(F)cc2F)nc2c1c(-c1ccccc1Cl)nn2CO. The molecule has 172 valence electrons. The van der Waals surface area contributed by atoms with E-state index < -0.39 is 24.0 Å². The standard InChI is InChI=1S/C22H20ClF2N5O3/c1-22(2,32)10-26-19-17-18(13-5-3-4-6-14(13)23)29-30(11-31)20(17)28-21(27-19)33-16-8-7-12(24)9-15(16)25/h3-9,31-32H,10-11H2,1-2H3,(H,26,27,28). The van der Waals surface area contributed by atoms with Crippen molar-refractivity contribution in [3.05, 3.63) is 59.1 Å².